The molecule has 76 valence electrons. The molecule has 0 amide bonds. The molecule has 0 bridgehead atoms. The molecule has 0 N–H and O–H groups in total. The van der Waals surface area contributed by atoms with Crippen LogP contribution in [0.5, 0.6) is 0 Å². The molecule has 1 atom stereocenters. The van der Waals surface area contributed by atoms with E-state index in [1.807, 2.05) is 13.0 Å². The minimum Gasteiger partial charge on any atom is -0.465 e. The third-order valence-electron chi connectivity index (χ3n) is 2.63. The van der Waals surface area contributed by atoms with Gasteiger partial charge in [0, 0.05) is 0 Å². The lowest BCUT2D eigenvalue weighted by Crippen LogP contribution is -2.33. The molecule has 3 heteroatoms. The molecule has 3 nitrogen and oxygen atoms in total. The fourth-order valence-electron chi connectivity index (χ4n) is 1.56. The molecule has 1 rings (SSSR count). The number of nitrogens with zero attached hydrogens (tertiary/aromatic N) is 1. The van der Waals surface area contributed by atoms with Gasteiger partial charge in [0.2, 0.25) is 0 Å². The molecule has 0 aliphatic heterocycles. The van der Waals surface area contributed by atoms with Gasteiger partial charge < -0.3 is 4.74 Å². The van der Waals surface area contributed by atoms with Crippen molar-refractivity contribution in [2.45, 2.75) is 33.1 Å². The summed E-state index contributed by atoms with van der Waals surface area (Å²) in [5, 5.41) is 9.04. The highest BCUT2D eigenvalue weighted by Gasteiger charge is 2.40. The molecule has 0 saturated carbocycles. The van der Waals surface area contributed by atoms with Gasteiger partial charge in [0.1, 0.15) is 0 Å². The van der Waals surface area contributed by atoms with Crippen LogP contribution in [0.2, 0.25) is 0 Å². The second kappa shape index (κ2) is 4.28. The van der Waals surface area contributed by atoms with E-state index in [9.17, 15) is 4.79 Å². The molecule has 1 aliphatic rings. The first-order valence-electron chi connectivity index (χ1n) is 4.89. The van der Waals surface area contributed by atoms with Crippen molar-refractivity contribution in [1.29, 1.82) is 5.26 Å². The number of esters is 1. The molecule has 1 unspecified atom stereocenters. The Morgan fingerprint density at radius 1 is 1.79 bits per heavy atom. The van der Waals surface area contributed by atoms with Crippen molar-refractivity contribution in [3.05, 3.63) is 11.6 Å². The summed E-state index contributed by atoms with van der Waals surface area (Å²) in [5.74, 6) is -0.369. The van der Waals surface area contributed by atoms with Crippen LogP contribution < -0.4 is 0 Å². The summed E-state index contributed by atoms with van der Waals surface area (Å²) in [7, 11) is 0. The van der Waals surface area contributed by atoms with Gasteiger partial charge >= 0.3 is 5.97 Å². The molecule has 0 saturated heterocycles. The van der Waals surface area contributed by atoms with Gasteiger partial charge in [-0.25, -0.2) is 0 Å². The van der Waals surface area contributed by atoms with E-state index in [-0.39, 0.29) is 5.97 Å². The fourth-order valence-corrected chi connectivity index (χ4v) is 1.56. The highest BCUT2D eigenvalue weighted by atomic mass is 16.5. The number of hydrogen-bond acceptors (Lipinski definition) is 3. The molecule has 0 aromatic carbocycles. The van der Waals surface area contributed by atoms with Crippen LogP contribution in [0.25, 0.3) is 0 Å². The third-order valence-corrected chi connectivity index (χ3v) is 2.63. The second-order valence-corrected chi connectivity index (χ2v) is 3.67. The standard InChI is InChI=1S/C11H15NO2/c1-3-14-10(13)11(8-12)6-4-9(2)5-7-11/h4H,3,5-7H2,1-2H3. The van der Waals surface area contributed by atoms with Crippen molar-refractivity contribution in [2.24, 2.45) is 5.41 Å². The second-order valence-electron chi connectivity index (χ2n) is 3.67. The van der Waals surface area contributed by atoms with E-state index in [1.54, 1.807) is 6.92 Å². The van der Waals surface area contributed by atoms with Crippen molar-refractivity contribution in [1.82, 2.24) is 0 Å². The molecule has 0 fully saturated rings. The third kappa shape index (κ3) is 1.95. The largest absolute Gasteiger partial charge is 0.465 e. The lowest BCUT2D eigenvalue weighted by Gasteiger charge is -2.26. The van der Waals surface area contributed by atoms with Gasteiger partial charge in [0.15, 0.2) is 5.41 Å². The SMILES string of the molecule is CCOC(=O)C1(C#N)CC=C(C)CC1. The maximum Gasteiger partial charge on any atom is 0.326 e. The summed E-state index contributed by atoms with van der Waals surface area (Å²) in [6, 6.07) is 2.10. The lowest BCUT2D eigenvalue weighted by atomic mass is 9.76. The van der Waals surface area contributed by atoms with E-state index < -0.39 is 5.41 Å². The van der Waals surface area contributed by atoms with Crippen LogP contribution >= 0.6 is 0 Å². The first-order chi connectivity index (χ1) is 6.64. The zero-order chi connectivity index (χ0) is 10.6. The normalized spacial score (nSPS) is 26.2. The average molecular weight is 193 g/mol. The summed E-state index contributed by atoms with van der Waals surface area (Å²) >= 11 is 0. The van der Waals surface area contributed by atoms with Crippen LogP contribution in [-0.2, 0) is 9.53 Å². The topological polar surface area (TPSA) is 50.1 Å². The molecule has 1 aliphatic carbocycles. The number of ether oxygens (including phenoxy) is 1. The van der Waals surface area contributed by atoms with Crippen molar-refractivity contribution >= 4 is 5.97 Å². The smallest absolute Gasteiger partial charge is 0.326 e. The minimum atomic E-state index is -0.921. The van der Waals surface area contributed by atoms with Crippen LogP contribution in [0.3, 0.4) is 0 Å². The van der Waals surface area contributed by atoms with Gasteiger partial charge in [-0.05, 0) is 33.1 Å². The number of carbonyl (C=O) groups is 1. The van der Waals surface area contributed by atoms with Crippen LogP contribution in [0.1, 0.15) is 33.1 Å². The predicted octanol–water partition coefficient (Wildman–Crippen LogP) is 2.19. The molecule has 0 heterocycles. The zero-order valence-corrected chi connectivity index (χ0v) is 8.67. The molecule has 14 heavy (non-hydrogen) atoms. The average Bonchev–Trinajstić information content (AvgIpc) is 2.20. The molecular formula is C11H15NO2. The Morgan fingerprint density at radius 3 is 2.93 bits per heavy atom. The summed E-state index contributed by atoms with van der Waals surface area (Å²) in [6.45, 7) is 4.12. The van der Waals surface area contributed by atoms with E-state index in [4.69, 9.17) is 10.00 Å². The van der Waals surface area contributed by atoms with Gasteiger partial charge in [-0.1, -0.05) is 11.6 Å². The Labute approximate surface area is 84.4 Å². The lowest BCUT2D eigenvalue weighted by molar-refractivity contribution is -0.152. The Kier molecular flexibility index (Phi) is 3.29. The van der Waals surface area contributed by atoms with Crippen molar-refractivity contribution in [2.75, 3.05) is 6.61 Å². The van der Waals surface area contributed by atoms with E-state index >= 15 is 0 Å². The highest BCUT2D eigenvalue weighted by molar-refractivity contribution is 5.80. The number of allylic oxidation sites excluding steroid dienone is 2. The highest BCUT2D eigenvalue weighted by Crippen LogP contribution is 2.35. The minimum absolute atomic E-state index is 0.338. The fraction of sp³-hybridized carbons (Fsp3) is 0.636. The van der Waals surface area contributed by atoms with Gasteiger partial charge in [-0.15, -0.1) is 0 Å². The van der Waals surface area contributed by atoms with E-state index in [0.717, 1.165) is 6.42 Å². The van der Waals surface area contributed by atoms with Gasteiger partial charge in [-0.2, -0.15) is 5.26 Å². The van der Waals surface area contributed by atoms with Crippen molar-refractivity contribution < 1.29 is 9.53 Å². The number of carbonyl (C=O) groups excluding carboxylic acids is 1. The van der Waals surface area contributed by atoms with Crippen LogP contribution in [0, 0.1) is 16.7 Å². The number of rotatable bonds is 2. The number of hydrogen-bond donors (Lipinski definition) is 0. The Balaban J connectivity index is 2.80. The molecule has 0 spiro atoms. The van der Waals surface area contributed by atoms with Crippen LogP contribution in [-0.4, -0.2) is 12.6 Å². The van der Waals surface area contributed by atoms with Gasteiger partial charge in [0.05, 0.1) is 12.7 Å². The summed E-state index contributed by atoms with van der Waals surface area (Å²) in [4.78, 5) is 11.6. The van der Waals surface area contributed by atoms with Crippen LogP contribution in [0.4, 0.5) is 0 Å². The molecule has 0 aromatic rings. The Hall–Kier alpha value is -1.30. The van der Waals surface area contributed by atoms with Gasteiger partial charge in [-0.3, -0.25) is 4.79 Å². The zero-order valence-electron chi connectivity index (χ0n) is 8.67. The van der Waals surface area contributed by atoms with Crippen molar-refractivity contribution in [3.63, 3.8) is 0 Å². The number of nitriles is 1. The summed E-state index contributed by atoms with van der Waals surface area (Å²) < 4.78 is 4.92. The molecular weight excluding hydrogens is 178 g/mol. The van der Waals surface area contributed by atoms with E-state index in [1.165, 1.54) is 5.57 Å². The maximum absolute atomic E-state index is 11.6. The summed E-state index contributed by atoms with van der Waals surface area (Å²) in [5.41, 5.74) is 0.329. The predicted molar refractivity (Wildman–Crippen MR) is 52.3 cm³/mol. The Bertz CT molecular complexity index is 301. The Morgan fingerprint density at radius 2 is 2.50 bits per heavy atom. The monoisotopic (exact) mass is 193 g/mol. The van der Waals surface area contributed by atoms with E-state index in [0.29, 0.717) is 19.4 Å². The van der Waals surface area contributed by atoms with E-state index in [2.05, 4.69) is 6.07 Å². The summed E-state index contributed by atoms with van der Waals surface area (Å²) in [6.07, 6.45) is 3.86. The molecule has 0 radical (unpaired) electrons. The van der Waals surface area contributed by atoms with Crippen LogP contribution in [0.15, 0.2) is 11.6 Å². The first kappa shape index (κ1) is 10.8. The maximum atomic E-state index is 11.6. The molecule has 0 aromatic heterocycles. The quantitative estimate of drug-likeness (QED) is 0.499. The first-order valence-corrected chi connectivity index (χ1v) is 4.89. The van der Waals surface area contributed by atoms with Gasteiger partial charge in [0.25, 0.3) is 0 Å². The van der Waals surface area contributed by atoms with Crippen molar-refractivity contribution in [3.8, 4) is 6.07 Å².